The number of carbonyl (C=O) groups is 2. The van der Waals surface area contributed by atoms with Crippen LogP contribution in [0, 0.1) is 13.8 Å². The third kappa shape index (κ3) is 4.48. The number of hydrogen-bond acceptors (Lipinski definition) is 6. The third-order valence-electron chi connectivity index (χ3n) is 6.38. The van der Waals surface area contributed by atoms with Crippen LogP contribution in [0.15, 0.2) is 40.0 Å². The van der Waals surface area contributed by atoms with E-state index in [1.54, 1.807) is 26.9 Å². The van der Waals surface area contributed by atoms with E-state index in [9.17, 15) is 14.4 Å². The Morgan fingerprint density at radius 2 is 2.00 bits per heavy atom. The SMILES string of the molecule is COc1cc(=O)n2c(c1C(=O)N(C)Cc1cscn1)CCN(C(=O)c1cccc(C)c1C)CC2. The lowest BCUT2D eigenvalue weighted by Gasteiger charge is -2.22. The van der Waals surface area contributed by atoms with Crippen molar-refractivity contribution < 1.29 is 14.3 Å². The van der Waals surface area contributed by atoms with E-state index in [0.717, 1.165) is 16.8 Å². The van der Waals surface area contributed by atoms with Crippen LogP contribution in [-0.2, 0) is 19.5 Å². The van der Waals surface area contributed by atoms with Crippen LogP contribution in [0.1, 0.15) is 43.2 Å². The number of hydrogen-bond donors (Lipinski definition) is 0. The largest absolute Gasteiger partial charge is 0.496 e. The molecule has 178 valence electrons. The van der Waals surface area contributed by atoms with Gasteiger partial charge in [-0.3, -0.25) is 14.4 Å². The molecule has 2 amide bonds. The minimum absolute atomic E-state index is 0.0671. The molecule has 34 heavy (non-hydrogen) atoms. The van der Waals surface area contributed by atoms with Crippen LogP contribution in [0.3, 0.4) is 0 Å². The van der Waals surface area contributed by atoms with E-state index >= 15 is 0 Å². The second-order valence-electron chi connectivity index (χ2n) is 8.45. The summed E-state index contributed by atoms with van der Waals surface area (Å²) in [5.74, 6) is -0.0638. The Labute approximate surface area is 202 Å². The van der Waals surface area contributed by atoms with Crippen LogP contribution < -0.4 is 10.3 Å². The normalized spacial score (nSPS) is 13.2. The number of methoxy groups -OCH3 is 1. The van der Waals surface area contributed by atoms with E-state index < -0.39 is 0 Å². The summed E-state index contributed by atoms with van der Waals surface area (Å²) in [5.41, 5.74) is 5.90. The molecule has 8 nitrogen and oxygen atoms in total. The molecule has 1 aromatic carbocycles. The number of fused-ring (bicyclic) bond motifs is 1. The van der Waals surface area contributed by atoms with Crippen LogP contribution in [0.5, 0.6) is 5.75 Å². The first-order valence-corrected chi connectivity index (χ1v) is 12.0. The standard InChI is InChI=1S/C25H28N4O4S/c1-16-6-5-7-19(17(16)2)24(31)28-9-8-20-23(21(33-4)12-22(30)29(20)11-10-28)25(32)27(3)13-18-14-34-15-26-18/h5-7,12,14-15H,8-11,13H2,1-4H3. The summed E-state index contributed by atoms with van der Waals surface area (Å²) in [6.45, 7) is 5.37. The Kier molecular flexibility index (Phi) is 6.83. The number of ether oxygens (including phenoxy) is 1. The van der Waals surface area contributed by atoms with Gasteiger partial charge in [-0.2, -0.15) is 0 Å². The molecule has 0 saturated heterocycles. The zero-order valence-corrected chi connectivity index (χ0v) is 20.6. The molecule has 0 saturated carbocycles. The summed E-state index contributed by atoms with van der Waals surface area (Å²) in [6.07, 6.45) is 0.370. The monoisotopic (exact) mass is 480 g/mol. The molecule has 1 aliphatic heterocycles. The fourth-order valence-corrected chi connectivity index (χ4v) is 4.87. The van der Waals surface area contributed by atoms with Gasteiger partial charge in [-0.1, -0.05) is 12.1 Å². The first kappa shape index (κ1) is 23.7. The average Bonchev–Trinajstić information content (AvgIpc) is 3.23. The van der Waals surface area contributed by atoms with Gasteiger partial charge in [0.05, 0.1) is 24.9 Å². The summed E-state index contributed by atoms with van der Waals surface area (Å²) in [5, 5.41) is 1.90. The molecule has 2 aromatic heterocycles. The van der Waals surface area contributed by atoms with Crippen molar-refractivity contribution in [2.75, 3.05) is 27.2 Å². The van der Waals surface area contributed by atoms with Gasteiger partial charge in [-0.05, 0) is 31.0 Å². The van der Waals surface area contributed by atoms with Crippen molar-refractivity contribution in [3.63, 3.8) is 0 Å². The fourth-order valence-electron chi connectivity index (χ4n) is 4.32. The third-order valence-corrected chi connectivity index (χ3v) is 7.01. The van der Waals surface area contributed by atoms with Crippen LogP contribution in [0.25, 0.3) is 0 Å². The Morgan fingerprint density at radius 3 is 2.71 bits per heavy atom. The zero-order chi connectivity index (χ0) is 24.4. The number of amides is 2. The summed E-state index contributed by atoms with van der Waals surface area (Å²) in [7, 11) is 3.16. The Morgan fingerprint density at radius 1 is 1.21 bits per heavy atom. The molecule has 0 atom stereocenters. The predicted octanol–water partition coefficient (Wildman–Crippen LogP) is 2.90. The summed E-state index contributed by atoms with van der Waals surface area (Å²) in [4.78, 5) is 47.3. The van der Waals surface area contributed by atoms with E-state index in [4.69, 9.17) is 4.74 Å². The number of carbonyl (C=O) groups excluding carboxylic acids is 2. The van der Waals surface area contributed by atoms with Crippen molar-refractivity contribution in [1.82, 2.24) is 19.4 Å². The number of thiazole rings is 1. The molecule has 0 fully saturated rings. The fraction of sp³-hybridized carbons (Fsp3) is 0.360. The van der Waals surface area contributed by atoms with Crippen molar-refractivity contribution in [2.24, 2.45) is 0 Å². The number of benzene rings is 1. The minimum Gasteiger partial charge on any atom is -0.496 e. The molecule has 1 aliphatic rings. The van der Waals surface area contributed by atoms with E-state index in [-0.39, 0.29) is 23.1 Å². The van der Waals surface area contributed by atoms with Gasteiger partial charge < -0.3 is 19.1 Å². The second kappa shape index (κ2) is 9.80. The molecule has 3 aromatic rings. The molecular weight excluding hydrogens is 452 g/mol. The number of nitrogens with zero attached hydrogens (tertiary/aromatic N) is 4. The lowest BCUT2D eigenvalue weighted by Crippen LogP contribution is -2.34. The molecule has 0 bridgehead atoms. The van der Waals surface area contributed by atoms with Crippen LogP contribution in [-0.4, -0.2) is 58.4 Å². The van der Waals surface area contributed by atoms with Crippen LogP contribution >= 0.6 is 11.3 Å². The van der Waals surface area contributed by atoms with Gasteiger partial charge >= 0.3 is 0 Å². The number of pyridine rings is 1. The molecule has 4 rings (SSSR count). The second-order valence-corrected chi connectivity index (χ2v) is 9.17. The van der Waals surface area contributed by atoms with Gasteiger partial charge in [-0.15, -0.1) is 11.3 Å². The molecule has 0 N–H and O–H groups in total. The van der Waals surface area contributed by atoms with Gasteiger partial charge in [0.1, 0.15) is 11.3 Å². The zero-order valence-electron chi connectivity index (χ0n) is 19.8. The average molecular weight is 481 g/mol. The first-order chi connectivity index (χ1) is 16.3. The van der Waals surface area contributed by atoms with E-state index in [1.165, 1.54) is 24.5 Å². The Hall–Kier alpha value is -3.46. The predicted molar refractivity (Wildman–Crippen MR) is 131 cm³/mol. The maximum atomic E-state index is 13.5. The van der Waals surface area contributed by atoms with Gasteiger partial charge in [0.15, 0.2) is 0 Å². The molecule has 0 aliphatic carbocycles. The Balaban J connectivity index is 1.66. The maximum absolute atomic E-state index is 13.5. The molecule has 0 unspecified atom stereocenters. The van der Waals surface area contributed by atoms with Crippen molar-refractivity contribution >= 4 is 23.2 Å². The van der Waals surface area contributed by atoms with E-state index in [2.05, 4.69) is 4.98 Å². The van der Waals surface area contributed by atoms with Crippen molar-refractivity contribution in [2.45, 2.75) is 33.4 Å². The van der Waals surface area contributed by atoms with Crippen molar-refractivity contribution in [3.05, 3.63) is 79.2 Å². The quantitative estimate of drug-likeness (QED) is 0.561. The van der Waals surface area contributed by atoms with Gasteiger partial charge in [0.2, 0.25) is 0 Å². The molecule has 0 radical (unpaired) electrons. The lowest BCUT2D eigenvalue weighted by molar-refractivity contribution is 0.0757. The first-order valence-electron chi connectivity index (χ1n) is 11.1. The Bertz CT molecular complexity index is 1280. The highest BCUT2D eigenvalue weighted by Gasteiger charge is 2.29. The maximum Gasteiger partial charge on any atom is 0.259 e. The van der Waals surface area contributed by atoms with Gasteiger partial charge in [0, 0.05) is 55.8 Å². The topological polar surface area (TPSA) is 84.7 Å². The number of rotatable bonds is 5. The highest BCUT2D eigenvalue weighted by atomic mass is 32.1. The smallest absolute Gasteiger partial charge is 0.259 e. The molecule has 0 spiro atoms. The van der Waals surface area contributed by atoms with Gasteiger partial charge in [0.25, 0.3) is 17.4 Å². The summed E-state index contributed by atoms with van der Waals surface area (Å²) >= 11 is 1.47. The summed E-state index contributed by atoms with van der Waals surface area (Å²) < 4.78 is 7.06. The van der Waals surface area contributed by atoms with E-state index in [0.29, 0.717) is 49.4 Å². The van der Waals surface area contributed by atoms with E-state index in [1.807, 2.05) is 37.4 Å². The van der Waals surface area contributed by atoms with Crippen molar-refractivity contribution in [3.8, 4) is 5.75 Å². The molecule has 3 heterocycles. The minimum atomic E-state index is -0.247. The molecular formula is C25H28N4O4S. The highest BCUT2D eigenvalue weighted by molar-refractivity contribution is 7.07. The van der Waals surface area contributed by atoms with Crippen LogP contribution in [0.2, 0.25) is 0 Å². The summed E-state index contributed by atoms with van der Waals surface area (Å²) in [6, 6.07) is 7.05. The van der Waals surface area contributed by atoms with Crippen molar-refractivity contribution in [1.29, 1.82) is 0 Å². The molecule has 9 heteroatoms. The number of aromatic nitrogens is 2. The number of aryl methyl sites for hydroxylation is 1. The van der Waals surface area contributed by atoms with Gasteiger partial charge in [-0.25, -0.2) is 4.98 Å². The highest BCUT2D eigenvalue weighted by Crippen LogP contribution is 2.25. The lowest BCUT2D eigenvalue weighted by atomic mass is 10.0. The van der Waals surface area contributed by atoms with Crippen LogP contribution in [0.4, 0.5) is 0 Å².